The number of carbonyl (C=O) groups excluding carboxylic acids is 1. The molecule has 19 heavy (non-hydrogen) atoms. The van der Waals surface area contributed by atoms with Crippen LogP contribution >= 0.6 is 0 Å². The monoisotopic (exact) mass is 274 g/mol. The average molecular weight is 274 g/mol. The second-order valence-corrected chi connectivity index (χ2v) is 4.89. The lowest BCUT2D eigenvalue weighted by molar-refractivity contribution is -0.144. The number of hydrogen-bond acceptors (Lipinski definition) is 4. The van der Waals surface area contributed by atoms with Crippen molar-refractivity contribution in [3.63, 3.8) is 0 Å². The zero-order valence-electron chi connectivity index (χ0n) is 11.8. The molecule has 1 unspecified atom stereocenters. The summed E-state index contributed by atoms with van der Waals surface area (Å²) in [5.74, 6) is -1.17. The Morgan fingerprint density at radius 1 is 1.26 bits per heavy atom. The van der Waals surface area contributed by atoms with Crippen LogP contribution in [0.5, 0.6) is 0 Å². The lowest BCUT2D eigenvalue weighted by Gasteiger charge is -2.18. The molecule has 3 atom stereocenters. The second-order valence-electron chi connectivity index (χ2n) is 4.89. The number of carbonyl (C=O) groups is 2. The van der Waals surface area contributed by atoms with Gasteiger partial charge in [-0.15, -0.1) is 0 Å². The van der Waals surface area contributed by atoms with Crippen LogP contribution in [0.25, 0.3) is 0 Å². The summed E-state index contributed by atoms with van der Waals surface area (Å²) in [6.45, 7) is 4.02. The van der Waals surface area contributed by atoms with Crippen molar-refractivity contribution in [3.05, 3.63) is 0 Å². The first-order valence-corrected chi connectivity index (χ1v) is 6.82. The average Bonchev–Trinajstić information content (AvgIpc) is 2.32. The molecule has 0 bridgehead atoms. The molecule has 0 aromatic carbocycles. The molecule has 0 fully saturated rings. The smallest absolute Gasteiger partial charge is 0.328 e. The Kier molecular flexibility index (Phi) is 9.16. The van der Waals surface area contributed by atoms with Crippen molar-refractivity contribution in [1.29, 1.82) is 0 Å². The van der Waals surface area contributed by atoms with Crippen molar-refractivity contribution in [2.24, 2.45) is 11.7 Å². The van der Waals surface area contributed by atoms with E-state index in [-0.39, 0.29) is 12.3 Å². The summed E-state index contributed by atoms with van der Waals surface area (Å²) in [5, 5.41) is 20.4. The summed E-state index contributed by atoms with van der Waals surface area (Å²) in [5.41, 5.74) is 5.51. The highest BCUT2D eigenvalue weighted by Crippen LogP contribution is 2.16. The molecule has 0 heterocycles. The molecular formula is C13H26N2O4. The third kappa shape index (κ3) is 7.79. The van der Waals surface area contributed by atoms with E-state index in [0.29, 0.717) is 18.9 Å². The molecule has 0 aliphatic carbocycles. The van der Waals surface area contributed by atoms with Crippen LogP contribution in [-0.2, 0) is 9.59 Å². The molecule has 0 radical (unpaired) electrons. The third-order valence-electron chi connectivity index (χ3n) is 3.12. The lowest BCUT2D eigenvalue weighted by atomic mass is 9.94. The first kappa shape index (κ1) is 17.9. The minimum absolute atomic E-state index is 0.265. The molecule has 0 aliphatic rings. The Morgan fingerprint density at radius 2 is 1.89 bits per heavy atom. The fourth-order valence-electron chi connectivity index (χ4n) is 2.05. The van der Waals surface area contributed by atoms with E-state index in [9.17, 15) is 14.7 Å². The number of amides is 1. The SMILES string of the molecule is CCCC(CCN)CCC(=O)N[C@H](C(=O)O)[C@@H](C)O. The molecule has 0 saturated heterocycles. The number of aliphatic carboxylic acids is 1. The lowest BCUT2D eigenvalue weighted by Crippen LogP contribution is -2.47. The summed E-state index contributed by atoms with van der Waals surface area (Å²) < 4.78 is 0. The minimum atomic E-state index is -1.24. The van der Waals surface area contributed by atoms with Gasteiger partial charge in [0.15, 0.2) is 6.04 Å². The number of aliphatic hydroxyl groups is 1. The van der Waals surface area contributed by atoms with Crippen molar-refractivity contribution in [1.82, 2.24) is 5.32 Å². The van der Waals surface area contributed by atoms with Crippen molar-refractivity contribution >= 4 is 11.9 Å². The van der Waals surface area contributed by atoms with Crippen LogP contribution in [0.15, 0.2) is 0 Å². The predicted molar refractivity (Wildman–Crippen MR) is 72.6 cm³/mol. The van der Waals surface area contributed by atoms with E-state index in [4.69, 9.17) is 10.8 Å². The van der Waals surface area contributed by atoms with E-state index in [1.54, 1.807) is 0 Å². The highest BCUT2D eigenvalue weighted by atomic mass is 16.4. The molecule has 1 amide bonds. The van der Waals surface area contributed by atoms with Gasteiger partial charge in [-0.1, -0.05) is 19.8 Å². The second kappa shape index (κ2) is 9.75. The number of nitrogens with two attached hydrogens (primary N) is 1. The predicted octanol–water partition coefficient (Wildman–Crippen LogP) is 0.482. The van der Waals surface area contributed by atoms with Gasteiger partial charge in [-0.05, 0) is 32.2 Å². The van der Waals surface area contributed by atoms with Crippen molar-refractivity contribution in [2.45, 2.75) is 58.1 Å². The number of carboxylic acid groups (broad SMARTS) is 1. The molecule has 5 N–H and O–H groups in total. The van der Waals surface area contributed by atoms with Gasteiger partial charge in [0.1, 0.15) is 0 Å². The maximum Gasteiger partial charge on any atom is 0.328 e. The van der Waals surface area contributed by atoms with Gasteiger partial charge < -0.3 is 21.3 Å². The van der Waals surface area contributed by atoms with Crippen molar-refractivity contribution in [2.75, 3.05) is 6.54 Å². The molecule has 6 nitrogen and oxygen atoms in total. The Balaban J connectivity index is 4.18. The Labute approximate surface area is 114 Å². The maximum absolute atomic E-state index is 11.7. The topological polar surface area (TPSA) is 113 Å². The normalized spacial score (nSPS) is 15.6. The summed E-state index contributed by atoms with van der Waals surface area (Å²) in [7, 11) is 0. The number of rotatable bonds is 10. The first-order valence-electron chi connectivity index (χ1n) is 6.82. The van der Waals surface area contributed by atoms with E-state index >= 15 is 0 Å². The summed E-state index contributed by atoms with van der Waals surface area (Å²) in [6.07, 6.45) is 2.78. The molecule has 0 saturated carbocycles. The fraction of sp³-hybridized carbons (Fsp3) is 0.846. The molecular weight excluding hydrogens is 248 g/mol. The fourth-order valence-corrected chi connectivity index (χ4v) is 2.05. The summed E-state index contributed by atoms with van der Waals surface area (Å²) in [4.78, 5) is 22.5. The molecule has 112 valence electrons. The van der Waals surface area contributed by atoms with E-state index in [1.807, 2.05) is 0 Å². The Hall–Kier alpha value is -1.14. The van der Waals surface area contributed by atoms with Gasteiger partial charge in [-0.25, -0.2) is 4.79 Å². The van der Waals surface area contributed by atoms with Gasteiger partial charge >= 0.3 is 5.97 Å². The number of carboxylic acids is 1. The quantitative estimate of drug-likeness (QED) is 0.463. The van der Waals surface area contributed by atoms with Crippen LogP contribution in [0.3, 0.4) is 0 Å². The van der Waals surface area contributed by atoms with Gasteiger partial charge in [0.25, 0.3) is 0 Å². The van der Waals surface area contributed by atoms with E-state index < -0.39 is 18.1 Å². The highest BCUT2D eigenvalue weighted by molar-refractivity contribution is 5.83. The van der Waals surface area contributed by atoms with Gasteiger partial charge in [-0.3, -0.25) is 4.79 Å². The number of hydrogen-bond donors (Lipinski definition) is 4. The Morgan fingerprint density at radius 3 is 2.32 bits per heavy atom. The van der Waals surface area contributed by atoms with E-state index in [1.165, 1.54) is 6.92 Å². The highest BCUT2D eigenvalue weighted by Gasteiger charge is 2.24. The standard InChI is InChI=1S/C13H26N2O4/c1-3-4-10(7-8-14)5-6-11(17)15-12(9(2)16)13(18)19/h9-10,12,16H,3-8,14H2,1-2H3,(H,15,17)(H,18,19)/t9-,10?,12+/m1/s1. The van der Waals surface area contributed by atoms with Crippen LogP contribution in [0.2, 0.25) is 0 Å². The summed E-state index contributed by atoms with van der Waals surface area (Å²) >= 11 is 0. The van der Waals surface area contributed by atoms with Crippen LogP contribution < -0.4 is 11.1 Å². The molecule has 0 aromatic rings. The van der Waals surface area contributed by atoms with Gasteiger partial charge in [-0.2, -0.15) is 0 Å². The minimum Gasteiger partial charge on any atom is -0.480 e. The van der Waals surface area contributed by atoms with E-state index in [2.05, 4.69) is 12.2 Å². The third-order valence-corrected chi connectivity index (χ3v) is 3.12. The van der Waals surface area contributed by atoms with Crippen LogP contribution in [0, 0.1) is 5.92 Å². The molecule has 0 aromatic heterocycles. The zero-order valence-corrected chi connectivity index (χ0v) is 11.8. The van der Waals surface area contributed by atoms with Crippen molar-refractivity contribution < 1.29 is 19.8 Å². The van der Waals surface area contributed by atoms with Gasteiger partial charge in [0.05, 0.1) is 6.10 Å². The van der Waals surface area contributed by atoms with E-state index in [0.717, 1.165) is 19.3 Å². The van der Waals surface area contributed by atoms with Crippen molar-refractivity contribution in [3.8, 4) is 0 Å². The zero-order chi connectivity index (χ0) is 14.8. The number of aliphatic hydroxyl groups excluding tert-OH is 1. The maximum atomic E-state index is 11.7. The van der Waals surface area contributed by atoms with Crippen LogP contribution in [0.1, 0.15) is 46.0 Å². The van der Waals surface area contributed by atoms with Gasteiger partial charge in [0.2, 0.25) is 5.91 Å². The molecule has 0 spiro atoms. The number of nitrogens with one attached hydrogen (secondary N) is 1. The van der Waals surface area contributed by atoms with Crippen LogP contribution in [-0.4, -0.2) is 40.8 Å². The van der Waals surface area contributed by atoms with Gasteiger partial charge in [0, 0.05) is 6.42 Å². The largest absolute Gasteiger partial charge is 0.480 e. The van der Waals surface area contributed by atoms with Crippen LogP contribution in [0.4, 0.5) is 0 Å². The Bertz CT molecular complexity index is 276. The molecule has 0 aliphatic heterocycles. The first-order chi connectivity index (χ1) is 8.92. The summed E-state index contributed by atoms with van der Waals surface area (Å²) in [6, 6.07) is -1.24. The molecule has 0 rings (SSSR count). The molecule has 6 heteroatoms.